The Bertz CT molecular complexity index is 1550. The molecule has 0 saturated carbocycles. The number of aliphatic carboxylic acids is 1. The molecule has 0 aliphatic carbocycles. The number of carboxylic acid groups (broad SMARTS) is 1. The molecule has 0 rings (SSSR count). The molecule has 9 nitrogen and oxygen atoms in total. The number of carbonyl (C=O) groups excluding carboxylic acids is 3. The van der Waals surface area contributed by atoms with Crippen LogP contribution in [0.15, 0.2) is 48.6 Å². The average Bonchev–Trinajstić information content (AvgIpc) is 3.64. The van der Waals surface area contributed by atoms with Gasteiger partial charge in [-0.3, -0.25) is 9.59 Å². The van der Waals surface area contributed by atoms with Gasteiger partial charge < -0.3 is 33.3 Å². The second kappa shape index (κ2) is 68.2. The summed E-state index contributed by atoms with van der Waals surface area (Å²) in [4.78, 5) is 37.5. The van der Waals surface area contributed by atoms with Crippen molar-refractivity contribution >= 4 is 17.9 Å². The van der Waals surface area contributed by atoms with Gasteiger partial charge in [0.25, 0.3) is 0 Å². The van der Waals surface area contributed by atoms with Crippen molar-refractivity contribution in [3.8, 4) is 0 Å². The average molecular weight is 1210 g/mol. The van der Waals surface area contributed by atoms with E-state index in [9.17, 15) is 19.5 Å². The molecule has 0 saturated heterocycles. The van der Waals surface area contributed by atoms with Gasteiger partial charge in [-0.05, 0) is 51.4 Å². The Labute approximate surface area is 533 Å². The molecule has 0 aromatic rings. The largest absolute Gasteiger partial charge is 0.545 e. The number of carbonyl (C=O) groups is 3. The third-order valence-electron chi connectivity index (χ3n) is 16.8. The van der Waals surface area contributed by atoms with Gasteiger partial charge >= 0.3 is 11.9 Å². The summed E-state index contributed by atoms with van der Waals surface area (Å²) in [6, 6.07) is 0. The first-order valence-corrected chi connectivity index (χ1v) is 37.3. The van der Waals surface area contributed by atoms with Crippen LogP contribution in [0.5, 0.6) is 0 Å². The van der Waals surface area contributed by atoms with Crippen LogP contribution in [0, 0.1) is 0 Å². The normalized spacial score (nSPS) is 12.9. The van der Waals surface area contributed by atoms with Crippen LogP contribution in [0.2, 0.25) is 0 Å². The maximum Gasteiger partial charge on any atom is 0.306 e. The molecule has 0 bridgehead atoms. The standard InChI is InChI=1S/C77H143NO8/c1-6-8-10-12-14-16-18-20-22-24-26-28-30-31-32-33-34-35-36-37-38-39-40-41-42-43-44-46-47-49-51-53-55-57-59-61-63-65-67-74(79)84-71-73(72-85-77(76(81)82)83-70-69-78(3,4)5)86-75(80)68-66-64-62-60-58-56-54-52-50-48-45-29-27-25-23-21-19-17-15-13-11-9-7-2/h9,11,15,17,21,23,27,29,73,77H,6-8,10,12-14,16,18-20,22,24-26,28,30-72H2,1-5H3/b11-9-,17-15-,23-21-,29-27-. The monoisotopic (exact) mass is 1210 g/mol. The van der Waals surface area contributed by atoms with E-state index in [4.69, 9.17) is 18.9 Å². The number of esters is 2. The molecule has 0 aromatic heterocycles. The summed E-state index contributed by atoms with van der Waals surface area (Å²) >= 11 is 0. The zero-order chi connectivity index (χ0) is 62.6. The van der Waals surface area contributed by atoms with Crippen LogP contribution in [0.1, 0.15) is 367 Å². The number of likely N-dealkylation sites (N-methyl/N-ethyl adjacent to an activating group) is 1. The molecule has 86 heavy (non-hydrogen) atoms. The molecule has 0 spiro atoms. The molecule has 0 heterocycles. The highest BCUT2D eigenvalue weighted by Crippen LogP contribution is 2.19. The molecular formula is C77H143NO8. The number of rotatable bonds is 70. The summed E-state index contributed by atoms with van der Waals surface area (Å²) in [5.41, 5.74) is 0. The second-order valence-electron chi connectivity index (χ2n) is 26.6. The van der Waals surface area contributed by atoms with Gasteiger partial charge in [-0.1, -0.05) is 351 Å². The first-order valence-electron chi connectivity index (χ1n) is 37.3. The quantitative estimate of drug-likeness (QED) is 0.0195. The predicted octanol–water partition coefficient (Wildman–Crippen LogP) is 22.0. The lowest BCUT2D eigenvalue weighted by Gasteiger charge is -2.26. The van der Waals surface area contributed by atoms with Gasteiger partial charge in [0.2, 0.25) is 0 Å². The van der Waals surface area contributed by atoms with Gasteiger partial charge in [0.05, 0.1) is 40.3 Å². The first kappa shape index (κ1) is 83.2. The van der Waals surface area contributed by atoms with Crippen LogP contribution in [0.4, 0.5) is 0 Å². The number of carboxylic acids is 1. The number of hydrogen-bond donors (Lipinski definition) is 0. The molecule has 0 radical (unpaired) electrons. The summed E-state index contributed by atoms with van der Waals surface area (Å²) in [5.74, 6) is -2.27. The van der Waals surface area contributed by atoms with E-state index in [1.165, 1.54) is 263 Å². The van der Waals surface area contributed by atoms with E-state index in [1.807, 2.05) is 21.1 Å². The minimum atomic E-state index is -1.62. The minimum absolute atomic E-state index is 0.147. The van der Waals surface area contributed by atoms with Crippen LogP contribution < -0.4 is 5.11 Å². The maximum atomic E-state index is 12.9. The third-order valence-corrected chi connectivity index (χ3v) is 16.8. The number of allylic oxidation sites excluding steroid dienone is 8. The van der Waals surface area contributed by atoms with E-state index in [1.54, 1.807) is 0 Å². The van der Waals surface area contributed by atoms with Crippen LogP contribution in [-0.2, 0) is 33.3 Å². The Hall–Kier alpha value is -2.75. The summed E-state index contributed by atoms with van der Waals surface area (Å²) in [5, 5.41) is 11.8. The zero-order valence-electron chi connectivity index (χ0n) is 57.7. The third kappa shape index (κ3) is 68.7. The molecule has 0 N–H and O–H groups in total. The SMILES string of the molecule is CC/C=C\C/C=C\C/C=C\C/C=C\CCCCCCCCCCCCC(=O)OC(COC(=O)CCCCCCCCCCCCCCCCCCCCCCCCCCCCCCCCCCCCCCCC)COC(OCC[N+](C)(C)C)C(=O)[O-]. The fraction of sp³-hybridized carbons (Fsp3) is 0.857. The van der Waals surface area contributed by atoms with Gasteiger partial charge in [-0.2, -0.15) is 0 Å². The molecular weight excluding hydrogens is 1070 g/mol. The van der Waals surface area contributed by atoms with Crippen LogP contribution in [0.25, 0.3) is 0 Å². The molecule has 2 atom stereocenters. The summed E-state index contributed by atoms with van der Waals surface area (Å²) < 4.78 is 22.8. The highest BCUT2D eigenvalue weighted by Gasteiger charge is 2.22. The molecule has 504 valence electrons. The lowest BCUT2D eigenvalue weighted by atomic mass is 10.0. The van der Waals surface area contributed by atoms with Crippen molar-refractivity contribution in [2.24, 2.45) is 0 Å². The van der Waals surface area contributed by atoms with Gasteiger partial charge in [-0.25, -0.2) is 0 Å². The van der Waals surface area contributed by atoms with E-state index in [0.717, 1.165) is 70.6 Å². The Balaban J connectivity index is 3.96. The van der Waals surface area contributed by atoms with Gasteiger partial charge in [0, 0.05) is 12.8 Å². The van der Waals surface area contributed by atoms with E-state index >= 15 is 0 Å². The topological polar surface area (TPSA) is 111 Å². The summed E-state index contributed by atoms with van der Waals surface area (Å²) in [6.45, 7) is 4.69. The number of hydrogen-bond acceptors (Lipinski definition) is 8. The smallest absolute Gasteiger partial charge is 0.306 e. The van der Waals surface area contributed by atoms with Crippen LogP contribution in [-0.4, -0.2) is 82.3 Å². The van der Waals surface area contributed by atoms with Crippen molar-refractivity contribution in [2.45, 2.75) is 379 Å². The summed E-state index contributed by atoms with van der Waals surface area (Å²) in [7, 11) is 5.94. The van der Waals surface area contributed by atoms with E-state index in [2.05, 4.69) is 62.5 Å². The number of unbranched alkanes of at least 4 members (excludes halogenated alkanes) is 47. The van der Waals surface area contributed by atoms with E-state index < -0.39 is 24.3 Å². The van der Waals surface area contributed by atoms with Crippen molar-refractivity contribution < 1.29 is 42.9 Å². The van der Waals surface area contributed by atoms with Crippen LogP contribution >= 0.6 is 0 Å². The molecule has 0 aromatic carbocycles. The lowest BCUT2D eigenvalue weighted by Crippen LogP contribution is -2.44. The second-order valence-corrected chi connectivity index (χ2v) is 26.6. The van der Waals surface area contributed by atoms with E-state index in [0.29, 0.717) is 23.9 Å². The Kier molecular flexibility index (Phi) is 66.0. The van der Waals surface area contributed by atoms with Gasteiger partial charge in [0.15, 0.2) is 12.4 Å². The maximum absolute atomic E-state index is 12.9. The highest BCUT2D eigenvalue weighted by molar-refractivity contribution is 5.70. The molecule has 9 heteroatoms. The number of ether oxygens (including phenoxy) is 4. The molecule has 0 aliphatic rings. The summed E-state index contributed by atoms with van der Waals surface area (Å²) in [6.07, 6.45) is 85.2. The van der Waals surface area contributed by atoms with Crippen molar-refractivity contribution in [2.75, 3.05) is 47.5 Å². The van der Waals surface area contributed by atoms with Crippen molar-refractivity contribution in [3.05, 3.63) is 48.6 Å². The molecule has 2 unspecified atom stereocenters. The number of nitrogens with zero attached hydrogens (tertiary/aromatic N) is 1. The first-order chi connectivity index (χ1) is 42.1. The Morgan fingerprint density at radius 1 is 0.360 bits per heavy atom. The van der Waals surface area contributed by atoms with Crippen molar-refractivity contribution in [3.63, 3.8) is 0 Å². The van der Waals surface area contributed by atoms with Gasteiger partial charge in [0.1, 0.15) is 13.2 Å². The molecule has 0 amide bonds. The lowest BCUT2D eigenvalue weighted by molar-refractivity contribution is -0.870. The predicted molar refractivity (Wildman–Crippen MR) is 366 cm³/mol. The van der Waals surface area contributed by atoms with Crippen molar-refractivity contribution in [1.29, 1.82) is 0 Å². The molecule has 0 fully saturated rings. The highest BCUT2D eigenvalue weighted by atomic mass is 16.7. The fourth-order valence-corrected chi connectivity index (χ4v) is 11.2. The fourth-order valence-electron chi connectivity index (χ4n) is 11.2. The van der Waals surface area contributed by atoms with Crippen molar-refractivity contribution in [1.82, 2.24) is 0 Å². The van der Waals surface area contributed by atoms with Crippen LogP contribution in [0.3, 0.4) is 0 Å². The molecule has 0 aliphatic heterocycles. The Morgan fingerprint density at radius 2 is 0.663 bits per heavy atom. The Morgan fingerprint density at radius 3 is 0.988 bits per heavy atom. The zero-order valence-corrected chi connectivity index (χ0v) is 57.7. The van der Waals surface area contributed by atoms with Gasteiger partial charge in [-0.15, -0.1) is 0 Å². The van der Waals surface area contributed by atoms with E-state index in [-0.39, 0.29) is 32.2 Å². The number of quaternary nitrogens is 1. The minimum Gasteiger partial charge on any atom is -0.545 e.